The van der Waals surface area contributed by atoms with Gasteiger partial charge < -0.3 is 20.0 Å². The molecule has 1 aliphatic rings. The van der Waals surface area contributed by atoms with E-state index in [-0.39, 0.29) is 5.91 Å². The first-order valence-corrected chi connectivity index (χ1v) is 9.27. The number of amides is 1. The third kappa shape index (κ3) is 5.42. The minimum atomic E-state index is -1.20. The molecule has 0 heterocycles. The molecule has 1 aliphatic carbocycles. The molecule has 6 nitrogen and oxygen atoms in total. The molecule has 1 aromatic carbocycles. The molecule has 0 unspecified atom stereocenters. The van der Waals surface area contributed by atoms with Crippen LogP contribution in [-0.4, -0.2) is 24.5 Å². The van der Waals surface area contributed by atoms with Crippen LogP contribution in [0.3, 0.4) is 0 Å². The van der Waals surface area contributed by atoms with Crippen LogP contribution in [0.2, 0.25) is 0 Å². The number of carboxylic acid groups (broad SMARTS) is 1. The largest absolute Gasteiger partial charge is 0.550 e. The highest BCUT2D eigenvalue weighted by atomic mass is 16.5. The lowest BCUT2D eigenvalue weighted by Crippen LogP contribution is -2.42. The van der Waals surface area contributed by atoms with Gasteiger partial charge in [0.05, 0.1) is 18.1 Å². The number of hydrogen-bond donors (Lipinski definition) is 1. The van der Waals surface area contributed by atoms with E-state index in [1.165, 1.54) is 0 Å². The molecule has 2 atom stereocenters. The van der Waals surface area contributed by atoms with Gasteiger partial charge in [0.25, 0.3) is 0 Å². The summed E-state index contributed by atoms with van der Waals surface area (Å²) in [5, 5.41) is 14.2. The van der Waals surface area contributed by atoms with Crippen molar-refractivity contribution in [3.63, 3.8) is 0 Å². The van der Waals surface area contributed by atoms with Gasteiger partial charge in [-0.05, 0) is 57.4 Å². The van der Waals surface area contributed by atoms with E-state index in [4.69, 9.17) is 4.74 Å². The quantitative estimate of drug-likeness (QED) is 0.451. The zero-order chi connectivity index (χ0) is 20.0. The second-order valence-corrected chi connectivity index (χ2v) is 7.06. The first-order chi connectivity index (χ1) is 12.8. The molecule has 1 N–H and O–H groups in total. The molecule has 6 heteroatoms. The molecule has 0 saturated heterocycles. The van der Waals surface area contributed by atoms with Crippen LogP contribution < -0.4 is 10.4 Å². The number of carboxylic acids is 1. The first kappa shape index (κ1) is 20.7. The maximum atomic E-state index is 12.6. The van der Waals surface area contributed by atoms with Crippen molar-refractivity contribution < 1.29 is 24.2 Å². The third-order valence-corrected chi connectivity index (χ3v) is 5.03. The van der Waals surface area contributed by atoms with Crippen LogP contribution in [0.4, 0.5) is 5.69 Å². The fraction of sp³-hybridized carbons (Fsp3) is 0.476. The number of anilines is 1. The van der Waals surface area contributed by atoms with Crippen LogP contribution in [0.15, 0.2) is 35.4 Å². The molecular formula is C21H26NO5-. The third-order valence-electron chi connectivity index (χ3n) is 5.03. The summed E-state index contributed by atoms with van der Waals surface area (Å²) in [4.78, 5) is 35.9. The van der Waals surface area contributed by atoms with E-state index < -0.39 is 23.8 Å². The minimum absolute atomic E-state index is 0.328. The smallest absolute Gasteiger partial charge is 0.338 e. The van der Waals surface area contributed by atoms with Crippen molar-refractivity contribution in [3.8, 4) is 0 Å². The summed E-state index contributed by atoms with van der Waals surface area (Å²) in [6.45, 7) is 6.20. The summed E-state index contributed by atoms with van der Waals surface area (Å²) >= 11 is 0. The van der Waals surface area contributed by atoms with Gasteiger partial charge in [0, 0.05) is 17.6 Å². The van der Waals surface area contributed by atoms with Gasteiger partial charge in [-0.25, -0.2) is 4.79 Å². The maximum Gasteiger partial charge on any atom is 0.338 e. The Balaban J connectivity index is 2.02. The van der Waals surface area contributed by atoms with E-state index >= 15 is 0 Å². The molecule has 0 fully saturated rings. The highest BCUT2D eigenvalue weighted by Crippen LogP contribution is 2.34. The Morgan fingerprint density at radius 3 is 2.22 bits per heavy atom. The number of aliphatic carboxylic acids is 1. The summed E-state index contributed by atoms with van der Waals surface area (Å²) in [5.41, 5.74) is 2.95. The number of esters is 1. The number of nitrogens with one attached hydrogen (secondary N) is 1. The topological polar surface area (TPSA) is 95.5 Å². The molecular weight excluding hydrogens is 346 g/mol. The predicted molar refractivity (Wildman–Crippen MR) is 99.9 cm³/mol. The zero-order valence-corrected chi connectivity index (χ0v) is 16.0. The first-order valence-electron chi connectivity index (χ1n) is 9.27. The highest BCUT2D eigenvalue weighted by Gasteiger charge is 2.33. The number of hydrogen-bond acceptors (Lipinski definition) is 5. The Bertz CT molecular complexity index is 735. The zero-order valence-electron chi connectivity index (χ0n) is 16.0. The monoisotopic (exact) mass is 372 g/mol. The van der Waals surface area contributed by atoms with Crippen LogP contribution in [0.1, 0.15) is 56.8 Å². The van der Waals surface area contributed by atoms with E-state index in [2.05, 4.69) is 5.32 Å². The molecule has 0 saturated carbocycles. The second kappa shape index (κ2) is 9.35. The molecule has 0 aliphatic heterocycles. The minimum Gasteiger partial charge on any atom is -0.550 e. The molecule has 0 radical (unpaired) electrons. The van der Waals surface area contributed by atoms with E-state index in [1.54, 1.807) is 24.3 Å². The number of benzene rings is 1. The molecule has 1 aromatic rings. The Morgan fingerprint density at radius 1 is 1.07 bits per heavy atom. The van der Waals surface area contributed by atoms with Gasteiger partial charge in [-0.1, -0.05) is 24.5 Å². The average Bonchev–Trinajstić information content (AvgIpc) is 2.64. The Hall–Kier alpha value is -2.63. The predicted octanol–water partition coefficient (Wildman–Crippen LogP) is 2.69. The summed E-state index contributed by atoms with van der Waals surface area (Å²) in [6, 6.07) is 6.38. The molecule has 27 heavy (non-hydrogen) atoms. The number of allylic oxidation sites excluding steroid dienone is 2. The summed E-state index contributed by atoms with van der Waals surface area (Å²) in [5.74, 6) is -3.46. The normalized spacial score (nSPS) is 19.5. The van der Waals surface area contributed by atoms with Crippen molar-refractivity contribution in [2.24, 2.45) is 11.8 Å². The van der Waals surface area contributed by atoms with Gasteiger partial charge in [0.15, 0.2) is 0 Å². The standard InChI is InChI=1S/C21H27NO5/c1-4-5-10-27-21(26)15-6-8-16(9-7-15)22-19(23)17-11-13(2)14(3)12-18(17)20(24)25/h6-9,17-18H,4-5,10-12H2,1-3H3,(H,22,23)(H,24,25)/p-1/t17-,18-/m0/s1. The molecule has 2 rings (SSSR count). The van der Waals surface area contributed by atoms with E-state index in [9.17, 15) is 19.5 Å². The van der Waals surface area contributed by atoms with Crippen molar-refractivity contribution in [1.29, 1.82) is 0 Å². The van der Waals surface area contributed by atoms with Crippen LogP contribution >= 0.6 is 0 Å². The molecule has 0 spiro atoms. The maximum absolute atomic E-state index is 12.6. The summed E-state index contributed by atoms with van der Waals surface area (Å²) in [6.07, 6.45) is 2.49. The number of carbonyl (C=O) groups is 3. The Labute approximate surface area is 159 Å². The van der Waals surface area contributed by atoms with Crippen molar-refractivity contribution in [2.75, 3.05) is 11.9 Å². The van der Waals surface area contributed by atoms with Crippen molar-refractivity contribution >= 4 is 23.5 Å². The van der Waals surface area contributed by atoms with Gasteiger partial charge in [-0.2, -0.15) is 0 Å². The van der Waals surface area contributed by atoms with Gasteiger partial charge in [-0.3, -0.25) is 4.79 Å². The SMILES string of the molecule is CCCCOC(=O)c1ccc(NC(=O)[C@H]2CC(C)=C(C)C[C@@H]2C(=O)[O-])cc1. The van der Waals surface area contributed by atoms with Gasteiger partial charge in [0.1, 0.15) is 0 Å². The molecule has 0 aromatic heterocycles. The number of carbonyl (C=O) groups excluding carboxylic acids is 3. The lowest BCUT2D eigenvalue weighted by Gasteiger charge is -2.32. The fourth-order valence-electron chi connectivity index (χ4n) is 3.13. The van der Waals surface area contributed by atoms with E-state index in [1.807, 2.05) is 20.8 Å². The Kier molecular flexibility index (Phi) is 7.16. The van der Waals surface area contributed by atoms with Crippen molar-refractivity contribution in [3.05, 3.63) is 41.0 Å². The number of rotatable bonds is 7. The molecule has 1 amide bonds. The summed E-state index contributed by atoms with van der Waals surface area (Å²) in [7, 11) is 0. The van der Waals surface area contributed by atoms with Gasteiger partial charge >= 0.3 is 5.97 Å². The van der Waals surface area contributed by atoms with Gasteiger partial charge in [0.2, 0.25) is 5.91 Å². The number of unbranched alkanes of at least 4 members (excludes halogenated alkanes) is 1. The lowest BCUT2D eigenvalue weighted by molar-refractivity contribution is -0.313. The summed E-state index contributed by atoms with van der Waals surface area (Å²) < 4.78 is 5.14. The van der Waals surface area contributed by atoms with Crippen LogP contribution in [0.5, 0.6) is 0 Å². The highest BCUT2D eigenvalue weighted by molar-refractivity contribution is 5.96. The average molecular weight is 372 g/mol. The van der Waals surface area contributed by atoms with Gasteiger partial charge in [-0.15, -0.1) is 0 Å². The van der Waals surface area contributed by atoms with Crippen molar-refractivity contribution in [2.45, 2.75) is 46.5 Å². The number of ether oxygens (including phenoxy) is 1. The fourth-order valence-corrected chi connectivity index (χ4v) is 3.13. The lowest BCUT2D eigenvalue weighted by atomic mass is 9.76. The molecule has 146 valence electrons. The van der Waals surface area contributed by atoms with E-state index in [0.717, 1.165) is 24.0 Å². The Morgan fingerprint density at radius 2 is 1.67 bits per heavy atom. The van der Waals surface area contributed by atoms with Crippen LogP contribution in [0.25, 0.3) is 0 Å². The van der Waals surface area contributed by atoms with E-state index in [0.29, 0.717) is 30.7 Å². The second-order valence-electron chi connectivity index (χ2n) is 7.06. The molecule has 0 bridgehead atoms. The van der Waals surface area contributed by atoms with Crippen LogP contribution in [-0.2, 0) is 14.3 Å². The van der Waals surface area contributed by atoms with Crippen LogP contribution in [0, 0.1) is 11.8 Å². The van der Waals surface area contributed by atoms with Crippen molar-refractivity contribution in [1.82, 2.24) is 0 Å².